The molecule has 4 unspecified atom stereocenters. The van der Waals surface area contributed by atoms with E-state index in [9.17, 15) is 5.11 Å². The fourth-order valence-corrected chi connectivity index (χ4v) is 4.39. The molecule has 0 aromatic heterocycles. The highest BCUT2D eigenvalue weighted by Gasteiger charge is 2.42. The van der Waals surface area contributed by atoms with Gasteiger partial charge in [-0.25, -0.2) is 0 Å². The summed E-state index contributed by atoms with van der Waals surface area (Å²) in [6, 6.07) is 16.1. The normalized spacial score (nSPS) is 29.6. The van der Waals surface area contributed by atoms with Gasteiger partial charge >= 0.3 is 0 Å². The van der Waals surface area contributed by atoms with Gasteiger partial charge in [-0.15, -0.1) is 0 Å². The topological polar surface area (TPSA) is 32.3 Å². The second kappa shape index (κ2) is 8.09. The monoisotopic (exact) mass is 377 g/mol. The van der Waals surface area contributed by atoms with Crippen molar-refractivity contribution in [2.24, 2.45) is 11.8 Å². The molecule has 2 N–H and O–H groups in total. The summed E-state index contributed by atoms with van der Waals surface area (Å²) in [6.07, 6.45) is 1.49. The van der Waals surface area contributed by atoms with E-state index >= 15 is 0 Å². The third kappa shape index (κ3) is 3.88. The summed E-state index contributed by atoms with van der Waals surface area (Å²) in [4.78, 5) is 0. The molecule has 2 nitrogen and oxygen atoms in total. The number of hydrogen-bond donors (Lipinski definition) is 2. The molecule has 0 radical (unpaired) electrons. The van der Waals surface area contributed by atoms with Crippen LogP contribution in [0.5, 0.6) is 0 Å². The van der Waals surface area contributed by atoms with Gasteiger partial charge in [0.15, 0.2) is 0 Å². The summed E-state index contributed by atoms with van der Waals surface area (Å²) >= 11 is 12.1. The first-order valence-corrected chi connectivity index (χ1v) is 9.75. The van der Waals surface area contributed by atoms with E-state index in [0.717, 1.165) is 22.9 Å². The first-order valence-electron chi connectivity index (χ1n) is 9.00. The summed E-state index contributed by atoms with van der Waals surface area (Å²) in [5, 5.41) is 16.4. The van der Waals surface area contributed by atoms with Gasteiger partial charge in [-0.3, -0.25) is 0 Å². The molecule has 0 bridgehead atoms. The average Bonchev–Trinajstić information content (AvgIpc) is 2.62. The highest BCUT2D eigenvalue weighted by Crippen LogP contribution is 2.43. The number of rotatable bonds is 4. The zero-order valence-corrected chi connectivity index (χ0v) is 16.1. The van der Waals surface area contributed by atoms with Crippen molar-refractivity contribution in [1.82, 2.24) is 5.32 Å². The summed E-state index contributed by atoms with van der Waals surface area (Å²) in [7, 11) is 0. The Morgan fingerprint density at radius 1 is 0.760 bits per heavy atom. The Balaban J connectivity index is 1.97. The van der Waals surface area contributed by atoms with Gasteiger partial charge in [0.05, 0.1) is 6.10 Å². The SMILES string of the molecule is CCC1C(c2ccc(Cl)cc2)NC(c2ccc(Cl)cc2)C(CC)C1O. The Morgan fingerprint density at radius 3 is 1.44 bits per heavy atom. The van der Waals surface area contributed by atoms with E-state index < -0.39 is 0 Å². The van der Waals surface area contributed by atoms with Crippen molar-refractivity contribution in [3.05, 3.63) is 69.7 Å². The van der Waals surface area contributed by atoms with Crippen LogP contribution in [0.15, 0.2) is 48.5 Å². The number of nitrogens with one attached hydrogen (secondary N) is 1. The van der Waals surface area contributed by atoms with Crippen LogP contribution in [0.3, 0.4) is 0 Å². The molecule has 3 rings (SSSR count). The van der Waals surface area contributed by atoms with E-state index in [-0.39, 0.29) is 30.0 Å². The molecule has 1 aliphatic rings. The van der Waals surface area contributed by atoms with Gasteiger partial charge in [0.2, 0.25) is 0 Å². The first-order chi connectivity index (χ1) is 12.0. The third-order valence-electron chi connectivity index (χ3n) is 5.49. The molecule has 1 heterocycles. The number of benzene rings is 2. The summed E-state index contributed by atoms with van der Waals surface area (Å²) in [5.74, 6) is 0.351. The van der Waals surface area contributed by atoms with Crippen molar-refractivity contribution in [2.75, 3.05) is 0 Å². The van der Waals surface area contributed by atoms with Gasteiger partial charge in [0.1, 0.15) is 0 Å². The van der Waals surface area contributed by atoms with E-state index in [4.69, 9.17) is 23.2 Å². The fraction of sp³-hybridized carbons (Fsp3) is 0.429. The summed E-state index contributed by atoms with van der Waals surface area (Å²) < 4.78 is 0. The lowest BCUT2D eigenvalue weighted by Crippen LogP contribution is -2.50. The Hall–Kier alpha value is -1.06. The second-order valence-electron chi connectivity index (χ2n) is 6.86. The van der Waals surface area contributed by atoms with Crippen LogP contribution in [0, 0.1) is 11.8 Å². The largest absolute Gasteiger partial charge is 0.392 e. The number of aliphatic hydroxyl groups excluding tert-OH is 1. The predicted molar refractivity (Wildman–Crippen MR) is 105 cm³/mol. The highest BCUT2D eigenvalue weighted by atomic mass is 35.5. The van der Waals surface area contributed by atoms with Crippen LogP contribution < -0.4 is 5.32 Å². The van der Waals surface area contributed by atoms with Crippen molar-refractivity contribution in [3.63, 3.8) is 0 Å². The molecule has 1 aliphatic heterocycles. The van der Waals surface area contributed by atoms with Crippen molar-refractivity contribution >= 4 is 23.2 Å². The minimum absolute atomic E-state index is 0.0979. The van der Waals surface area contributed by atoms with E-state index in [1.165, 1.54) is 11.1 Å². The van der Waals surface area contributed by atoms with Crippen molar-refractivity contribution < 1.29 is 5.11 Å². The van der Waals surface area contributed by atoms with Gasteiger partial charge < -0.3 is 10.4 Å². The molecule has 4 heteroatoms. The number of halogens is 2. The highest BCUT2D eigenvalue weighted by molar-refractivity contribution is 6.30. The molecule has 134 valence electrons. The van der Waals surface area contributed by atoms with E-state index in [0.29, 0.717) is 0 Å². The lowest BCUT2D eigenvalue weighted by molar-refractivity contribution is -0.0251. The minimum atomic E-state index is -0.349. The zero-order chi connectivity index (χ0) is 18.0. The molecule has 1 saturated heterocycles. The van der Waals surface area contributed by atoms with E-state index in [2.05, 4.69) is 43.4 Å². The molecule has 0 amide bonds. The fourth-order valence-electron chi connectivity index (χ4n) is 4.13. The van der Waals surface area contributed by atoms with Crippen molar-refractivity contribution in [2.45, 2.75) is 44.9 Å². The second-order valence-corrected chi connectivity index (χ2v) is 7.73. The Bertz CT molecular complexity index is 627. The van der Waals surface area contributed by atoms with Crippen LogP contribution >= 0.6 is 23.2 Å². The maximum Gasteiger partial charge on any atom is 0.0632 e. The van der Waals surface area contributed by atoms with Gasteiger partial charge in [-0.05, 0) is 48.2 Å². The molecular formula is C21H25Cl2NO. The lowest BCUT2D eigenvalue weighted by atomic mass is 9.71. The molecule has 25 heavy (non-hydrogen) atoms. The summed E-state index contributed by atoms with van der Waals surface area (Å²) in [5.41, 5.74) is 2.34. The molecule has 0 aliphatic carbocycles. The van der Waals surface area contributed by atoms with Gasteiger partial charge in [-0.1, -0.05) is 61.3 Å². The van der Waals surface area contributed by atoms with Gasteiger partial charge in [0.25, 0.3) is 0 Å². The van der Waals surface area contributed by atoms with E-state index in [1.807, 2.05) is 24.3 Å². The molecule has 2 aromatic rings. The maximum absolute atomic E-state index is 11.1. The van der Waals surface area contributed by atoms with Crippen LogP contribution in [0.1, 0.15) is 49.9 Å². The van der Waals surface area contributed by atoms with Crippen LogP contribution in [-0.4, -0.2) is 11.2 Å². The molecular weight excluding hydrogens is 353 g/mol. The van der Waals surface area contributed by atoms with Crippen LogP contribution in [0.2, 0.25) is 10.0 Å². The Labute approximate surface area is 160 Å². The van der Waals surface area contributed by atoms with Crippen LogP contribution in [0.25, 0.3) is 0 Å². The van der Waals surface area contributed by atoms with Crippen molar-refractivity contribution in [3.8, 4) is 0 Å². The number of piperidine rings is 1. The standard InChI is InChI=1S/C21H25Cl2NO/c1-3-17-19(13-5-9-15(22)10-6-13)24-20(18(4-2)21(17)25)14-7-11-16(23)12-8-14/h5-12,17-21,24-25H,3-4H2,1-2H3. The van der Waals surface area contributed by atoms with E-state index in [1.54, 1.807) is 0 Å². The maximum atomic E-state index is 11.1. The number of hydrogen-bond acceptors (Lipinski definition) is 2. The Morgan fingerprint density at radius 2 is 1.12 bits per heavy atom. The molecule has 0 spiro atoms. The molecule has 4 atom stereocenters. The lowest BCUT2D eigenvalue weighted by Gasteiger charge is -2.46. The molecule has 2 aromatic carbocycles. The minimum Gasteiger partial charge on any atom is -0.392 e. The van der Waals surface area contributed by atoms with Crippen LogP contribution in [0.4, 0.5) is 0 Å². The number of aliphatic hydroxyl groups is 1. The smallest absolute Gasteiger partial charge is 0.0632 e. The quantitative estimate of drug-likeness (QED) is 0.706. The van der Waals surface area contributed by atoms with Crippen molar-refractivity contribution in [1.29, 1.82) is 0 Å². The predicted octanol–water partition coefficient (Wildman–Crippen LogP) is 5.79. The third-order valence-corrected chi connectivity index (χ3v) is 6.00. The summed E-state index contributed by atoms with van der Waals surface area (Å²) in [6.45, 7) is 4.29. The Kier molecular flexibility index (Phi) is 6.06. The first kappa shape index (κ1) is 18.7. The molecule has 1 fully saturated rings. The zero-order valence-electron chi connectivity index (χ0n) is 14.6. The van der Waals surface area contributed by atoms with Gasteiger partial charge in [0, 0.05) is 34.0 Å². The average molecular weight is 378 g/mol. The molecule has 0 saturated carbocycles. The van der Waals surface area contributed by atoms with Crippen LogP contribution in [-0.2, 0) is 0 Å². The van der Waals surface area contributed by atoms with Gasteiger partial charge in [-0.2, -0.15) is 0 Å².